The third-order valence-electron chi connectivity index (χ3n) is 3.03. The van der Waals surface area contributed by atoms with Gasteiger partial charge in [-0.1, -0.05) is 15.9 Å². The molecule has 0 aliphatic heterocycles. The second kappa shape index (κ2) is 5.71. The van der Waals surface area contributed by atoms with Gasteiger partial charge in [-0.3, -0.25) is 4.79 Å². The Balaban J connectivity index is 3.17. The van der Waals surface area contributed by atoms with Gasteiger partial charge in [-0.25, -0.2) is 0 Å². The molecule has 0 aromatic heterocycles. The van der Waals surface area contributed by atoms with Crippen LogP contribution in [0.5, 0.6) is 5.75 Å². The molecule has 0 saturated carbocycles. The van der Waals surface area contributed by atoms with E-state index in [1.807, 2.05) is 18.2 Å². The number of halogens is 1. The molecular weight excluding hydrogens is 298 g/mol. The van der Waals surface area contributed by atoms with Crippen molar-refractivity contribution in [1.82, 2.24) is 0 Å². The van der Waals surface area contributed by atoms with Gasteiger partial charge in [-0.05, 0) is 37.6 Å². The molecule has 1 rings (SSSR count). The Labute approximate surface area is 116 Å². The SMILES string of the molecule is COC(=O)C(C)(C)[C@@H](N)c1cc(OC)ccc1Br. The number of esters is 1. The monoisotopic (exact) mass is 315 g/mol. The van der Waals surface area contributed by atoms with E-state index in [0.29, 0.717) is 5.75 Å². The number of carbonyl (C=O) groups is 1. The highest BCUT2D eigenvalue weighted by Gasteiger charge is 2.37. The Bertz CT molecular complexity index is 446. The molecule has 100 valence electrons. The van der Waals surface area contributed by atoms with E-state index in [4.69, 9.17) is 15.2 Å². The molecular formula is C13H18BrNO3. The molecule has 1 aromatic carbocycles. The topological polar surface area (TPSA) is 61.5 Å². The van der Waals surface area contributed by atoms with Gasteiger partial charge in [0.2, 0.25) is 0 Å². The van der Waals surface area contributed by atoms with Crippen LogP contribution in [0.1, 0.15) is 25.5 Å². The minimum absolute atomic E-state index is 0.343. The van der Waals surface area contributed by atoms with Crippen molar-refractivity contribution in [2.24, 2.45) is 11.1 Å². The van der Waals surface area contributed by atoms with Crippen LogP contribution in [0.2, 0.25) is 0 Å². The fourth-order valence-corrected chi connectivity index (χ4v) is 2.16. The van der Waals surface area contributed by atoms with Crippen LogP contribution in [0.4, 0.5) is 0 Å². The Morgan fingerprint density at radius 3 is 2.50 bits per heavy atom. The van der Waals surface area contributed by atoms with Crippen molar-refractivity contribution in [2.45, 2.75) is 19.9 Å². The van der Waals surface area contributed by atoms with Crippen LogP contribution in [0, 0.1) is 5.41 Å². The maximum absolute atomic E-state index is 11.8. The molecule has 2 N–H and O–H groups in total. The first kappa shape index (κ1) is 15.0. The summed E-state index contributed by atoms with van der Waals surface area (Å²) in [5.74, 6) is 0.356. The number of hydrogen-bond acceptors (Lipinski definition) is 4. The smallest absolute Gasteiger partial charge is 0.313 e. The maximum atomic E-state index is 11.8. The molecule has 0 bridgehead atoms. The molecule has 18 heavy (non-hydrogen) atoms. The lowest BCUT2D eigenvalue weighted by Crippen LogP contribution is -2.37. The lowest BCUT2D eigenvalue weighted by atomic mass is 9.81. The molecule has 0 unspecified atom stereocenters. The second-order valence-electron chi connectivity index (χ2n) is 4.58. The Morgan fingerprint density at radius 2 is 2.00 bits per heavy atom. The summed E-state index contributed by atoms with van der Waals surface area (Å²) in [7, 11) is 2.95. The number of nitrogens with two attached hydrogens (primary N) is 1. The number of ether oxygens (including phenoxy) is 2. The van der Waals surface area contributed by atoms with E-state index in [1.165, 1.54) is 7.11 Å². The minimum atomic E-state index is -0.816. The van der Waals surface area contributed by atoms with Crippen molar-refractivity contribution in [3.05, 3.63) is 28.2 Å². The predicted octanol–water partition coefficient (Wildman–Crippen LogP) is 2.66. The molecule has 0 radical (unpaired) electrons. The summed E-state index contributed by atoms with van der Waals surface area (Å²) < 4.78 is 10.8. The van der Waals surface area contributed by atoms with Crippen molar-refractivity contribution < 1.29 is 14.3 Å². The molecule has 5 heteroatoms. The Hall–Kier alpha value is -1.07. The van der Waals surface area contributed by atoms with Crippen LogP contribution in [0.25, 0.3) is 0 Å². The zero-order valence-corrected chi connectivity index (χ0v) is 12.6. The highest BCUT2D eigenvalue weighted by molar-refractivity contribution is 9.10. The lowest BCUT2D eigenvalue weighted by Gasteiger charge is -2.29. The summed E-state index contributed by atoms with van der Waals surface area (Å²) >= 11 is 3.44. The molecule has 1 atom stereocenters. The number of benzene rings is 1. The van der Waals surface area contributed by atoms with E-state index in [0.717, 1.165) is 10.0 Å². The highest BCUT2D eigenvalue weighted by atomic mass is 79.9. The van der Waals surface area contributed by atoms with Crippen molar-refractivity contribution in [1.29, 1.82) is 0 Å². The van der Waals surface area contributed by atoms with Gasteiger partial charge in [0, 0.05) is 10.5 Å². The number of methoxy groups -OCH3 is 2. The van der Waals surface area contributed by atoms with E-state index in [9.17, 15) is 4.79 Å². The Morgan fingerprint density at radius 1 is 1.39 bits per heavy atom. The molecule has 0 aliphatic carbocycles. The molecule has 0 saturated heterocycles. The quantitative estimate of drug-likeness (QED) is 0.868. The number of hydrogen-bond donors (Lipinski definition) is 1. The zero-order valence-electron chi connectivity index (χ0n) is 11.0. The largest absolute Gasteiger partial charge is 0.497 e. The van der Waals surface area contributed by atoms with Crippen LogP contribution in [0.3, 0.4) is 0 Å². The first-order valence-electron chi connectivity index (χ1n) is 5.52. The van der Waals surface area contributed by atoms with Crippen LogP contribution < -0.4 is 10.5 Å². The molecule has 0 amide bonds. The first-order valence-corrected chi connectivity index (χ1v) is 6.31. The van der Waals surface area contributed by atoms with Crippen molar-refractivity contribution in [3.8, 4) is 5.75 Å². The molecule has 4 nitrogen and oxygen atoms in total. The summed E-state index contributed by atoms with van der Waals surface area (Å²) in [6.45, 7) is 3.52. The Kier molecular flexibility index (Phi) is 4.76. The fraction of sp³-hybridized carbons (Fsp3) is 0.462. The average Bonchev–Trinajstić information content (AvgIpc) is 2.37. The predicted molar refractivity (Wildman–Crippen MR) is 73.4 cm³/mol. The van der Waals surface area contributed by atoms with Gasteiger partial charge in [0.1, 0.15) is 5.75 Å². The third-order valence-corrected chi connectivity index (χ3v) is 3.75. The zero-order chi connectivity index (χ0) is 13.9. The molecule has 0 aliphatic rings. The molecule has 1 aromatic rings. The highest BCUT2D eigenvalue weighted by Crippen LogP contribution is 2.37. The third kappa shape index (κ3) is 2.84. The van der Waals surface area contributed by atoms with Crippen LogP contribution >= 0.6 is 15.9 Å². The van der Waals surface area contributed by atoms with E-state index < -0.39 is 11.5 Å². The van der Waals surface area contributed by atoms with Crippen molar-refractivity contribution in [3.63, 3.8) is 0 Å². The minimum Gasteiger partial charge on any atom is -0.497 e. The van der Waals surface area contributed by atoms with Gasteiger partial charge >= 0.3 is 5.97 Å². The molecule has 0 fully saturated rings. The van der Waals surface area contributed by atoms with Gasteiger partial charge in [0.25, 0.3) is 0 Å². The van der Waals surface area contributed by atoms with Crippen LogP contribution in [-0.2, 0) is 9.53 Å². The van der Waals surface area contributed by atoms with Gasteiger partial charge in [-0.15, -0.1) is 0 Å². The second-order valence-corrected chi connectivity index (χ2v) is 5.43. The number of rotatable bonds is 4. The van der Waals surface area contributed by atoms with Gasteiger partial charge in [-0.2, -0.15) is 0 Å². The maximum Gasteiger partial charge on any atom is 0.313 e. The van der Waals surface area contributed by atoms with Crippen molar-refractivity contribution >= 4 is 21.9 Å². The van der Waals surface area contributed by atoms with Crippen LogP contribution in [0.15, 0.2) is 22.7 Å². The van der Waals surface area contributed by atoms with Crippen molar-refractivity contribution in [2.75, 3.05) is 14.2 Å². The molecule has 0 spiro atoms. The van der Waals surface area contributed by atoms with Crippen LogP contribution in [-0.4, -0.2) is 20.2 Å². The fourth-order valence-electron chi connectivity index (χ4n) is 1.67. The lowest BCUT2D eigenvalue weighted by molar-refractivity contribution is -0.152. The van der Waals surface area contributed by atoms with Gasteiger partial charge < -0.3 is 15.2 Å². The summed E-state index contributed by atoms with van der Waals surface area (Å²) in [6.07, 6.45) is 0. The summed E-state index contributed by atoms with van der Waals surface area (Å²) in [5, 5.41) is 0. The standard InChI is InChI=1S/C13H18BrNO3/c1-13(2,12(16)18-4)11(15)9-7-8(17-3)5-6-10(9)14/h5-7,11H,15H2,1-4H3/t11-/m0/s1. The average molecular weight is 316 g/mol. The summed E-state index contributed by atoms with van der Waals surface area (Å²) in [4.78, 5) is 11.8. The van der Waals surface area contributed by atoms with E-state index in [2.05, 4.69) is 15.9 Å². The van der Waals surface area contributed by atoms with E-state index in [-0.39, 0.29) is 5.97 Å². The van der Waals surface area contributed by atoms with Gasteiger partial charge in [0.05, 0.1) is 19.6 Å². The summed E-state index contributed by atoms with van der Waals surface area (Å²) in [5.41, 5.74) is 6.18. The van der Waals surface area contributed by atoms with Gasteiger partial charge in [0.15, 0.2) is 0 Å². The first-order chi connectivity index (χ1) is 8.34. The normalized spacial score (nSPS) is 13.0. The number of carbonyl (C=O) groups excluding carboxylic acids is 1. The van der Waals surface area contributed by atoms with E-state index >= 15 is 0 Å². The summed E-state index contributed by atoms with van der Waals surface area (Å²) in [6, 6.07) is 5.00. The van der Waals surface area contributed by atoms with E-state index in [1.54, 1.807) is 21.0 Å². The molecule has 0 heterocycles.